The third kappa shape index (κ3) is 4.04. The molecule has 0 aliphatic carbocycles. The molecule has 4 nitrogen and oxygen atoms in total. The molecular weight excluding hydrogens is 358 g/mol. The molecule has 1 heterocycles. The number of fused-ring (bicyclic) bond motifs is 1. The van der Waals surface area contributed by atoms with Gasteiger partial charge in [0.05, 0.1) is 18.8 Å². The van der Waals surface area contributed by atoms with Crippen molar-refractivity contribution in [3.63, 3.8) is 0 Å². The van der Waals surface area contributed by atoms with Crippen LogP contribution < -0.4 is 20.1 Å². The molecule has 0 amide bonds. The van der Waals surface area contributed by atoms with Gasteiger partial charge in [-0.1, -0.05) is 0 Å². The highest BCUT2D eigenvalue weighted by Gasteiger charge is 2.34. The Hall–Kier alpha value is -2.41. The van der Waals surface area contributed by atoms with Gasteiger partial charge in [-0.05, 0) is 56.4 Å². The van der Waals surface area contributed by atoms with Crippen molar-refractivity contribution in [3.8, 4) is 11.5 Å². The van der Waals surface area contributed by atoms with Crippen LogP contribution in [-0.2, 0) is 0 Å². The van der Waals surface area contributed by atoms with E-state index in [1.807, 2.05) is 32.0 Å². The van der Waals surface area contributed by atoms with Gasteiger partial charge in [0.25, 0.3) is 0 Å². The van der Waals surface area contributed by atoms with Crippen molar-refractivity contribution in [1.82, 2.24) is 5.32 Å². The van der Waals surface area contributed by atoms with Gasteiger partial charge in [-0.2, -0.15) is 0 Å². The molecule has 2 N–H and O–H groups in total. The summed E-state index contributed by atoms with van der Waals surface area (Å²) in [4.78, 5) is 0. The van der Waals surface area contributed by atoms with Crippen molar-refractivity contribution in [1.29, 1.82) is 0 Å². The smallest absolute Gasteiger partial charge is 0.171 e. The van der Waals surface area contributed by atoms with E-state index in [0.717, 1.165) is 17.4 Å². The number of thiocarbonyl (C=S) groups is 1. The molecule has 0 unspecified atom stereocenters. The van der Waals surface area contributed by atoms with Crippen LogP contribution in [0.5, 0.6) is 11.5 Å². The number of rotatable bonds is 3. The molecule has 1 aliphatic heterocycles. The summed E-state index contributed by atoms with van der Waals surface area (Å²) in [6, 6.07) is 8.73. The summed E-state index contributed by atoms with van der Waals surface area (Å²) in [6.07, 6.45) is 0.654. The predicted octanol–water partition coefficient (Wildman–Crippen LogP) is 4.56. The fourth-order valence-electron chi connectivity index (χ4n) is 3.00. The summed E-state index contributed by atoms with van der Waals surface area (Å²) in [7, 11) is 1.60. The minimum absolute atomic E-state index is 0.112. The Labute approximate surface area is 156 Å². The van der Waals surface area contributed by atoms with E-state index in [2.05, 4.69) is 10.6 Å². The minimum Gasteiger partial charge on any atom is -0.497 e. The standard InChI is InChI=1S/C19H20F2N2O2S/c1-19(2)10-16(13-9-12(24-3)5-7-17(13)25-19)23-18(26)22-15-6-4-11(20)8-14(15)21/h4-9,16H,10H2,1-3H3,(H2,22,23,26)/t16-/m0/s1. The number of methoxy groups -OCH3 is 1. The first kappa shape index (κ1) is 18.4. The maximum Gasteiger partial charge on any atom is 0.171 e. The summed E-state index contributed by atoms with van der Waals surface area (Å²) in [5, 5.41) is 6.22. The summed E-state index contributed by atoms with van der Waals surface area (Å²) in [6.45, 7) is 3.98. The van der Waals surface area contributed by atoms with Crippen molar-refractivity contribution < 1.29 is 18.3 Å². The maximum atomic E-state index is 13.8. The Bertz CT molecular complexity index is 842. The molecule has 0 radical (unpaired) electrons. The van der Waals surface area contributed by atoms with E-state index >= 15 is 0 Å². The highest BCUT2D eigenvalue weighted by molar-refractivity contribution is 7.80. The SMILES string of the molecule is COc1ccc2c(c1)[C@@H](NC(=S)Nc1ccc(F)cc1F)CC(C)(C)O2. The molecule has 0 spiro atoms. The molecule has 7 heteroatoms. The number of anilines is 1. The fourth-order valence-corrected chi connectivity index (χ4v) is 3.25. The Balaban J connectivity index is 1.81. The molecular formula is C19H20F2N2O2S. The largest absolute Gasteiger partial charge is 0.497 e. The minimum atomic E-state index is -0.705. The second-order valence-electron chi connectivity index (χ2n) is 6.74. The van der Waals surface area contributed by atoms with Crippen molar-refractivity contribution in [2.45, 2.75) is 31.9 Å². The Morgan fingerprint density at radius 2 is 2.00 bits per heavy atom. The van der Waals surface area contributed by atoms with Crippen LogP contribution in [0.25, 0.3) is 0 Å². The lowest BCUT2D eigenvalue weighted by atomic mass is 9.89. The summed E-state index contributed by atoms with van der Waals surface area (Å²) >= 11 is 5.32. The third-order valence-electron chi connectivity index (χ3n) is 4.16. The summed E-state index contributed by atoms with van der Waals surface area (Å²) < 4.78 is 38.2. The van der Waals surface area contributed by atoms with E-state index in [1.54, 1.807) is 7.11 Å². The normalized spacial score (nSPS) is 17.7. The average molecular weight is 378 g/mol. The van der Waals surface area contributed by atoms with Crippen LogP contribution >= 0.6 is 12.2 Å². The molecule has 2 aromatic carbocycles. The second-order valence-corrected chi connectivity index (χ2v) is 7.15. The summed E-state index contributed by atoms with van der Waals surface area (Å²) in [5.41, 5.74) is 0.629. The Morgan fingerprint density at radius 3 is 2.69 bits per heavy atom. The molecule has 3 rings (SSSR count). The predicted molar refractivity (Wildman–Crippen MR) is 101 cm³/mol. The van der Waals surface area contributed by atoms with Crippen LogP contribution in [0.2, 0.25) is 0 Å². The maximum absolute atomic E-state index is 13.8. The van der Waals surface area contributed by atoms with Crippen LogP contribution in [0.4, 0.5) is 14.5 Å². The van der Waals surface area contributed by atoms with E-state index in [4.69, 9.17) is 21.7 Å². The zero-order valence-corrected chi connectivity index (χ0v) is 15.5. The van der Waals surface area contributed by atoms with Crippen molar-refractivity contribution in [3.05, 3.63) is 53.6 Å². The van der Waals surface area contributed by atoms with E-state index in [1.165, 1.54) is 12.1 Å². The lowest BCUT2D eigenvalue weighted by Gasteiger charge is -2.38. The van der Waals surface area contributed by atoms with Gasteiger partial charge < -0.3 is 20.1 Å². The Morgan fingerprint density at radius 1 is 1.23 bits per heavy atom. The monoisotopic (exact) mass is 378 g/mol. The number of hydrogen-bond acceptors (Lipinski definition) is 3. The molecule has 0 saturated carbocycles. The van der Waals surface area contributed by atoms with Crippen LogP contribution in [0, 0.1) is 11.6 Å². The first-order valence-electron chi connectivity index (χ1n) is 8.17. The molecule has 1 atom stereocenters. The molecule has 0 bridgehead atoms. The highest BCUT2D eigenvalue weighted by atomic mass is 32.1. The van der Waals surface area contributed by atoms with Gasteiger partial charge in [0.15, 0.2) is 5.11 Å². The zero-order chi connectivity index (χ0) is 18.9. The zero-order valence-electron chi connectivity index (χ0n) is 14.7. The lowest BCUT2D eigenvalue weighted by Crippen LogP contribution is -2.42. The molecule has 0 fully saturated rings. The molecule has 1 aliphatic rings. The van der Waals surface area contributed by atoms with E-state index in [0.29, 0.717) is 12.2 Å². The topological polar surface area (TPSA) is 42.5 Å². The second kappa shape index (κ2) is 7.07. The first-order chi connectivity index (χ1) is 12.3. The number of halogens is 2. The fraction of sp³-hybridized carbons (Fsp3) is 0.316. The van der Waals surface area contributed by atoms with Crippen LogP contribution in [-0.4, -0.2) is 17.8 Å². The average Bonchev–Trinajstić information content (AvgIpc) is 2.56. The van der Waals surface area contributed by atoms with Gasteiger partial charge in [0.1, 0.15) is 28.7 Å². The van der Waals surface area contributed by atoms with Crippen molar-refractivity contribution in [2.24, 2.45) is 0 Å². The van der Waals surface area contributed by atoms with Crippen LogP contribution in [0.15, 0.2) is 36.4 Å². The molecule has 138 valence electrons. The highest BCUT2D eigenvalue weighted by Crippen LogP contribution is 2.41. The third-order valence-corrected chi connectivity index (χ3v) is 4.38. The quantitative estimate of drug-likeness (QED) is 0.767. The van der Waals surface area contributed by atoms with Crippen LogP contribution in [0.1, 0.15) is 31.9 Å². The van der Waals surface area contributed by atoms with Gasteiger partial charge >= 0.3 is 0 Å². The van der Waals surface area contributed by atoms with Gasteiger partial charge in [-0.3, -0.25) is 0 Å². The molecule has 26 heavy (non-hydrogen) atoms. The number of nitrogens with one attached hydrogen (secondary N) is 2. The first-order valence-corrected chi connectivity index (χ1v) is 8.58. The van der Waals surface area contributed by atoms with Crippen LogP contribution in [0.3, 0.4) is 0 Å². The van der Waals surface area contributed by atoms with Gasteiger partial charge in [-0.15, -0.1) is 0 Å². The number of benzene rings is 2. The van der Waals surface area contributed by atoms with Gasteiger partial charge in [-0.25, -0.2) is 8.78 Å². The molecule has 2 aromatic rings. The van der Waals surface area contributed by atoms with E-state index in [9.17, 15) is 8.78 Å². The van der Waals surface area contributed by atoms with Crippen molar-refractivity contribution >= 4 is 23.0 Å². The van der Waals surface area contributed by atoms with Gasteiger partial charge in [0.2, 0.25) is 0 Å². The Kier molecular flexibility index (Phi) is 5.00. The molecule has 0 aromatic heterocycles. The van der Waals surface area contributed by atoms with E-state index < -0.39 is 17.2 Å². The lowest BCUT2D eigenvalue weighted by molar-refractivity contribution is 0.0695. The van der Waals surface area contributed by atoms with E-state index in [-0.39, 0.29) is 16.8 Å². The molecule has 0 saturated heterocycles. The number of ether oxygens (including phenoxy) is 2. The van der Waals surface area contributed by atoms with Crippen molar-refractivity contribution in [2.75, 3.05) is 12.4 Å². The van der Waals surface area contributed by atoms with Gasteiger partial charge in [0, 0.05) is 18.1 Å². The summed E-state index contributed by atoms with van der Waals surface area (Å²) in [5.74, 6) is 0.111. The number of hydrogen-bond donors (Lipinski definition) is 2.